The minimum Gasteiger partial charge on any atom is -0.311 e. The van der Waals surface area contributed by atoms with E-state index in [4.69, 9.17) is 0 Å². The first-order chi connectivity index (χ1) is 9.49. The van der Waals surface area contributed by atoms with Crippen LogP contribution < -0.4 is 4.90 Å². The van der Waals surface area contributed by atoms with Crippen molar-refractivity contribution in [2.24, 2.45) is 0 Å². The molecule has 102 valence electrons. The van der Waals surface area contributed by atoms with Gasteiger partial charge in [-0.1, -0.05) is 6.07 Å². The molecule has 6 heteroatoms. The molecule has 6 nitrogen and oxygen atoms in total. The molecule has 0 bridgehead atoms. The summed E-state index contributed by atoms with van der Waals surface area (Å²) in [5.74, 6) is -0.262. The largest absolute Gasteiger partial charge is 0.311 e. The summed E-state index contributed by atoms with van der Waals surface area (Å²) in [5, 5.41) is 10.8. The summed E-state index contributed by atoms with van der Waals surface area (Å²) < 4.78 is 0. The fraction of sp³-hybridized carbons (Fsp3) is 0.143. The zero-order valence-electron chi connectivity index (χ0n) is 11.1. The van der Waals surface area contributed by atoms with E-state index in [1.165, 1.54) is 23.2 Å². The molecule has 0 saturated carbocycles. The van der Waals surface area contributed by atoms with Crippen LogP contribution in [0.5, 0.6) is 0 Å². The Kier molecular flexibility index (Phi) is 3.74. The molecule has 2 aromatic rings. The second-order valence-electron chi connectivity index (χ2n) is 4.39. The lowest BCUT2D eigenvalue weighted by molar-refractivity contribution is -0.384. The van der Waals surface area contributed by atoms with Crippen molar-refractivity contribution in [2.45, 2.75) is 6.92 Å². The van der Waals surface area contributed by atoms with Gasteiger partial charge in [-0.05, 0) is 24.6 Å². The molecule has 0 saturated heterocycles. The van der Waals surface area contributed by atoms with Crippen molar-refractivity contribution in [2.75, 3.05) is 11.9 Å². The van der Waals surface area contributed by atoms with Crippen LogP contribution in [0.25, 0.3) is 0 Å². The number of non-ortho nitro benzene ring substituents is 1. The van der Waals surface area contributed by atoms with Crippen molar-refractivity contribution in [3.05, 3.63) is 64.0 Å². The third kappa shape index (κ3) is 2.80. The van der Waals surface area contributed by atoms with E-state index in [1.54, 1.807) is 31.4 Å². The molecule has 0 aliphatic heterocycles. The predicted octanol–water partition coefficient (Wildman–Crippen LogP) is 2.57. The van der Waals surface area contributed by atoms with Gasteiger partial charge in [0.15, 0.2) is 0 Å². The standard InChI is InChI=1S/C14H13N3O3/c1-10-6-11(9-15-8-10)14(18)16(2)12-4-3-5-13(7-12)17(19)20/h3-9H,1-2H3. The summed E-state index contributed by atoms with van der Waals surface area (Å²) in [4.78, 5) is 27.9. The normalized spacial score (nSPS) is 10.1. The van der Waals surface area contributed by atoms with Crippen LogP contribution >= 0.6 is 0 Å². The monoisotopic (exact) mass is 271 g/mol. The van der Waals surface area contributed by atoms with Gasteiger partial charge < -0.3 is 4.90 Å². The molecule has 0 spiro atoms. The van der Waals surface area contributed by atoms with Crippen LogP contribution in [-0.4, -0.2) is 22.9 Å². The molecule has 1 aromatic carbocycles. The van der Waals surface area contributed by atoms with Crippen LogP contribution in [0.2, 0.25) is 0 Å². The summed E-state index contributed by atoms with van der Waals surface area (Å²) in [6.07, 6.45) is 3.13. The highest BCUT2D eigenvalue weighted by atomic mass is 16.6. The Bertz CT molecular complexity index is 670. The van der Waals surface area contributed by atoms with Crippen molar-refractivity contribution in [1.82, 2.24) is 4.98 Å². The fourth-order valence-corrected chi connectivity index (χ4v) is 1.80. The molecule has 0 N–H and O–H groups in total. The number of hydrogen-bond acceptors (Lipinski definition) is 4. The van der Waals surface area contributed by atoms with Gasteiger partial charge in [-0.15, -0.1) is 0 Å². The lowest BCUT2D eigenvalue weighted by Crippen LogP contribution is -2.26. The number of rotatable bonds is 3. The fourth-order valence-electron chi connectivity index (χ4n) is 1.80. The summed E-state index contributed by atoms with van der Waals surface area (Å²) in [6, 6.07) is 7.67. The summed E-state index contributed by atoms with van der Waals surface area (Å²) in [7, 11) is 1.57. The molecule has 1 amide bonds. The van der Waals surface area contributed by atoms with Crippen molar-refractivity contribution in [3.8, 4) is 0 Å². The Morgan fingerprint density at radius 3 is 2.70 bits per heavy atom. The topological polar surface area (TPSA) is 76.3 Å². The van der Waals surface area contributed by atoms with Gasteiger partial charge in [0.25, 0.3) is 11.6 Å². The minimum atomic E-state index is -0.490. The number of anilines is 1. The second-order valence-corrected chi connectivity index (χ2v) is 4.39. The van der Waals surface area contributed by atoms with Crippen LogP contribution in [0.4, 0.5) is 11.4 Å². The zero-order valence-corrected chi connectivity index (χ0v) is 11.1. The number of nitrogens with zero attached hydrogens (tertiary/aromatic N) is 3. The Hall–Kier alpha value is -2.76. The Labute approximate surface area is 115 Å². The zero-order chi connectivity index (χ0) is 14.7. The molecule has 0 aliphatic carbocycles. The molecule has 0 unspecified atom stereocenters. The highest BCUT2D eigenvalue weighted by molar-refractivity contribution is 6.05. The van der Waals surface area contributed by atoms with E-state index in [9.17, 15) is 14.9 Å². The summed E-state index contributed by atoms with van der Waals surface area (Å²) >= 11 is 0. The first-order valence-electron chi connectivity index (χ1n) is 5.93. The maximum absolute atomic E-state index is 12.3. The van der Waals surface area contributed by atoms with E-state index in [1.807, 2.05) is 6.92 Å². The Morgan fingerprint density at radius 2 is 2.05 bits per heavy atom. The number of amides is 1. The van der Waals surface area contributed by atoms with Crippen molar-refractivity contribution in [3.63, 3.8) is 0 Å². The second kappa shape index (κ2) is 5.48. The number of carbonyl (C=O) groups is 1. The van der Waals surface area contributed by atoms with Gasteiger partial charge in [-0.25, -0.2) is 0 Å². The quantitative estimate of drug-likeness (QED) is 0.635. The van der Waals surface area contributed by atoms with Gasteiger partial charge in [-0.2, -0.15) is 0 Å². The third-order valence-corrected chi connectivity index (χ3v) is 2.85. The molecule has 1 aromatic heterocycles. The molecular weight excluding hydrogens is 258 g/mol. The molecule has 0 aliphatic rings. The number of nitro groups is 1. The Balaban J connectivity index is 2.31. The van der Waals surface area contributed by atoms with Gasteiger partial charge >= 0.3 is 0 Å². The average Bonchev–Trinajstić information content (AvgIpc) is 2.45. The van der Waals surface area contributed by atoms with Gasteiger partial charge in [0.05, 0.1) is 16.2 Å². The van der Waals surface area contributed by atoms with E-state index in [2.05, 4.69) is 4.98 Å². The SMILES string of the molecule is Cc1cncc(C(=O)N(C)c2cccc([N+](=O)[O-])c2)c1. The molecule has 1 heterocycles. The molecule has 20 heavy (non-hydrogen) atoms. The first kappa shape index (κ1) is 13.7. The van der Waals surface area contributed by atoms with E-state index in [-0.39, 0.29) is 11.6 Å². The maximum atomic E-state index is 12.3. The number of nitro benzene ring substituents is 1. The third-order valence-electron chi connectivity index (χ3n) is 2.85. The number of pyridine rings is 1. The number of aryl methyl sites for hydroxylation is 1. The summed E-state index contributed by atoms with van der Waals surface area (Å²) in [5.41, 5.74) is 1.73. The first-order valence-corrected chi connectivity index (χ1v) is 5.93. The van der Waals surface area contributed by atoms with Crippen LogP contribution in [0.1, 0.15) is 15.9 Å². The van der Waals surface area contributed by atoms with Crippen molar-refractivity contribution >= 4 is 17.3 Å². The lowest BCUT2D eigenvalue weighted by Gasteiger charge is -2.17. The van der Waals surface area contributed by atoms with Gasteiger partial charge in [0.2, 0.25) is 0 Å². The van der Waals surface area contributed by atoms with E-state index >= 15 is 0 Å². The van der Waals surface area contributed by atoms with Gasteiger partial charge in [-0.3, -0.25) is 19.9 Å². The maximum Gasteiger partial charge on any atom is 0.271 e. The van der Waals surface area contributed by atoms with Gasteiger partial charge in [0, 0.05) is 31.6 Å². The minimum absolute atomic E-state index is 0.0514. The Morgan fingerprint density at radius 1 is 1.30 bits per heavy atom. The van der Waals surface area contributed by atoms with Crippen LogP contribution in [-0.2, 0) is 0 Å². The summed E-state index contributed by atoms with van der Waals surface area (Å²) in [6.45, 7) is 1.84. The molecule has 0 fully saturated rings. The van der Waals surface area contributed by atoms with E-state index < -0.39 is 4.92 Å². The molecule has 0 atom stereocenters. The number of carbonyl (C=O) groups excluding carboxylic acids is 1. The van der Waals surface area contributed by atoms with Crippen LogP contribution in [0.15, 0.2) is 42.7 Å². The molecule has 2 rings (SSSR count). The van der Waals surface area contributed by atoms with E-state index in [0.717, 1.165) is 5.56 Å². The van der Waals surface area contributed by atoms with Crippen LogP contribution in [0, 0.1) is 17.0 Å². The van der Waals surface area contributed by atoms with Crippen LogP contribution in [0.3, 0.4) is 0 Å². The number of aromatic nitrogens is 1. The predicted molar refractivity (Wildman–Crippen MR) is 74.8 cm³/mol. The highest BCUT2D eigenvalue weighted by Gasteiger charge is 2.16. The number of benzene rings is 1. The number of hydrogen-bond donors (Lipinski definition) is 0. The van der Waals surface area contributed by atoms with Crippen molar-refractivity contribution in [1.29, 1.82) is 0 Å². The lowest BCUT2D eigenvalue weighted by atomic mass is 10.2. The molecular formula is C14H13N3O3. The molecule has 0 radical (unpaired) electrons. The van der Waals surface area contributed by atoms with Gasteiger partial charge in [0.1, 0.15) is 0 Å². The van der Waals surface area contributed by atoms with Crippen molar-refractivity contribution < 1.29 is 9.72 Å². The average molecular weight is 271 g/mol. The highest BCUT2D eigenvalue weighted by Crippen LogP contribution is 2.21. The smallest absolute Gasteiger partial charge is 0.271 e. The van der Waals surface area contributed by atoms with E-state index in [0.29, 0.717) is 11.3 Å².